The quantitative estimate of drug-likeness (QED) is 0.352. The maximum atomic E-state index is 13.5. The van der Waals surface area contributed by atoms with Crippen molar-refractivity contribution in [3.05, 3.63) is 99.5 Å². The fraction of sp³-hybridized carbons (Fsp3) is 0.167. The Balaban J connectivity index is 1.74. The second-order valence-corrected chi connectivity index (χ2v) is 9.53. The summed E-state index contributed by atoms with van der Waals surface area (Å²) in [7, 11) is 0. The summed E-state index contributed by atoms with van der Waals surface area (Å²) in [4.78, 5) is 13.5. The summed E-state index contributed by atoms with van der Waals surface area (Å²) in [5, 5.41) is 7.05. The lowest BCUT2D eigenvalue weighted by Gasteiger charge is -2.28. The van der Waals surface area contributed by atoms with E-state index in [1.807, 2.05) is 73.0 Å². The van der Waals surface area contributed by atoms with E-state index >= 15 is 0 Å². The third-order valence-corrected chi connectivity index (χ3v) is 6.89. The number of amides is 2. The Morgan fingerprint density at radius 2 is 1.71 bits per heavy atom. The first-order valence-electron chi connectivity index (χ1n) is 9.74. The number of nitrogens with zero attached hydrogens (tertiary/aromatic N) is 3. The Bertz CT molecular complexity index is 1110. The van der Waals surface area contributed by atoms with Crippen LogP contribution in [0.15, 0.2) is 88.4 Å². The molecule has 0 aliphatic carbocycles. The molecule has 0 fully saturated rings. The topological polar surface area (TPSA) is 35.9 Å². The van der Waals surface area contributed by atoms with E-state index in [0.717, 1.165) is 27.0 Å². The van der Waals surface area contributed by atoms with E-state index in [1.54, 1.807) is 9.31 Å². The maximum absolute atomic E-state index is 13.5. The molecule has 0 bridgehead atoms. The smallest absolute Gasteiger partial charge is 0.245 e. The monoisotopic (exact) mass is 513 g/mol. The van der Waals surface area contributed by atoms with Crippen LogP contribution < -0.4 is 4.31 Å². The molecule has 3 aromatic rings. The molecule has 1 heterocycles. The van der Waals surface area contributed by atoms with Gasteiger partial charge in [0.15, 0.2) is 0 Å². The molecule has 3 aromatic carbocycles. The fourth-order valence-corrected chi connectivity index (χ4v) is 4.72. The molecule has 0 saturated heterocycles. The first-order valence-corrected chi connectivity index (χ1v) is 12.1. The standard InChI is InChI=1S/C24H21BrClN3OS/c1-24(18-6-4-3-5-7-18)16-28(27-22(24)17-8-12-20(26)13-9-17)23(30)29(31-2)21-14-10-19(25)11-15-21/h3-15H,16H2,1-2H3. The number of benzene rings is 3. The van der Waals surface area contributed by atoms with Crippen LogP contribution in [0.4, 0.5) is 10.5 Å². The van der Waals surface area contributed by atoms with Gasteiger partial charge >= 0.3 is 6.03 Å². The van der Waals surface area contributed by atoms with Gasteiger partial charge in [-0.15, -0.1) is 0 Å². The van der Waals surface area contributed by atoms with Crippen molar-refractivity contribution in [2.75, 3.05) is 17.1 Å². The van der Waals surface area contributed by atoms with Crippen molar-refractivity contribution in [1.82, 2.24) is 5.01 Å². The van der Waals surface area contributed by atoms with E-state index < -0.39 is 5.41 Å². The Kier molecular flexibility index (Phi) is 6.42. The first-order chi connectivity index (χ1) is 14.9. The number of carbonyl (C=O) groups is 1. The van der Waals surface area contributed by atoms with Crippen LogP contribution in [0.5, 0.6) is 0 Å². The van der Waals surface area contributed by atoms with Crippen LogP contribution in [0.3, 0.4) is 0 Å². The van der Waals surface area contributed by atoms with E-state index in [1.165, 1.54) is 11.9 Å². The highest BCUT2D eigenvalue weighted by Gasteiger charge is 2.43. The van der Waals surface area contributed by atoms with Gasteiger partial charge in [-0.1, -0.05) is 70.0 Å². The predicted octanol–water partition coefficient (Wildman–Crippen LogP) is 6.98. The van der Waals surface area contributed by atoms with Crippen molar-refractivity contribution in [3.63, 3.8) is 0 Å². The Morgan fingerprint density at radius 3 is 2.32 bits per heavy atom. The molecule has 0 aromatic heterocycles. The van der Waals surface area contributed by atoms with Gasteiger partial charge in [-0.3, -0.25) is 0 Å². The zero-order valence-electron chi connectivity index (χ0n) is 17.1. The summed E-state index contributed by atoms with van der Waals surface area (Å²) in [6, 6.07) is 25.3. The fourth-order valence-electron chi connectivity index (χ4n) is 3.74. The number of halogens is 2. The summed E-state index contributed by atoms with van der Waals surface area (Å²) < 4.78 is 2.62. The minimum absolute atomic E-state index is 0.180. The van der Waals surface area contributed by atoms with E-state index in [2.05, 4.69) is 35.0 Å². The molecule has 31 heavy (non-hydrogen) atoms. The highest BCUT2D eigenvalue weighted by Crippen LogP contribution is 2.37. The highest BCUT2D eigenvalue weighted by molar-refractivity contribution is 9.10. The number of carbonyl (C=O) groups excluding carboxylic acids is 1. The number of hydrogen-bond donors (Lipinski definition) is 0. The highest BCUT2D eigenvalue weighted by atomic mass is 79.9. The summed E-state index contributed by atoms with van der Waals surface area (Å²) in [6.07, 6.45) is 1.89. The van der Waals surface area contributed by atoms with Gasteiger partial charge in [-0.2, -0.15) is 5.10 Å². The first kappa shape index (κ1) is 21.9. The minimum Gasteiger partial charge on any atom is -0.245 e. The van der Waals surface area contributed by atoms with Crippen LogP contribution in [0, 0.1) is 0 Å². The van der Waals surface area contributed by atoms with Crippen LogP contribution in [-0.2, 0) is 5.41 Å². The Labute approximate surface area is 200 Å². The molecular formula is C24H21BrClN3OS. The lowest BCUT2D eigenvalue weighted by Crippen LogP contribution is -2.41. The van der Waals surface area contributed by atoms with E-state index in [9.17, 15) is 4.79 Å². The SMILES string of the molecule is CSN(C(=O)N1CC(C)(c2ccccc2)C(c2ccc(Cl)cc2)=N1)c1ccc(Br)cc1. The van der Waals surface area contributed by atoms with Gasteiger partial charge in [0.2, 0.25) is 0 Å². The largest absolute Gasteiger partial charge is 0.355 e. The number of rotatable bonds is 4. The van der Waals surface area contributed by atoms with Crippen LogP contribution in [-0.4, -0.2) is 29.6 Å². The molecule has 1 atom stereocenters. The average molecular weight is 515 g/mol. The molecule has 0 saturated carbocycles. The third-order valence-electron chi connectivity index (χ3n) is 5.38. The molecule has 158 valence electrons. The summed E-state index contributed by atoms with van der Waals surface area (Å²) in [5.41, 5.74) is 3.26. The zero-order chi connectivity index (χ0) is 22.0. The van der Waals surface area contributed by atoms with Gasteiger partial charge in [0, 0.05) is 15.8 Å². The number of urea groups is 1. The van der Waals surface area contributed by atoms with Gasteiger partial charge in [0.1, 0.15) is 0 Å². The molecule has 1 aliphatic rings. The van der Waals surface area contributed by atoms with Gasteiger partial charge in [-0.05, 0) is 66.4 Å². The summed E-state index contributed by atoms with van der Waals surface area (Å²) in [5.74, 6) is 0. The van der Waals surface area contributed by atoms with Gasteiger partial charge < -0.3 is 0 Å². The molecular weight excluding hydrogens is 494 g/mol. The third kappa shape index (κ3) is 4.38. The maximum Gasteiger partial charge on any atom is 0.355 e. The number of hydrazone groups is 1. The van der Waals surface area contributed by atoms with Gasteiger partial charge in [0.25, 0.3) is 0 Å². The minimum atomic E-state index is -0.450. The molecule has 1 unspecified atom stereocenters. The zero-order valence-corrected chi connectivity index (χ0v) is 20.3. The lowest BCUT2D eigenvalue weighted by molar-refractivity contribution is 0.211. The van der Waals surface area contributed by atoms with Crippen molar-refractivity contribution in [2.45, 2.75) is 12.3 Å². The molecule has 0 spiro atoms. The van der Waals surface area contributed by atoms with Crippen molar-refractivity contribution in [3.8, 4) is 0 Å². The van der Waals surface area contributed by atoms with Crippen molar-refractivity contribution in [2.24, 2.45) is 5.10 Å². The van der Waals surface area contributed by atoms with E-state index in [0.29, 0.717) is 11.6 Å². The van der Waals surface area contributed by atoms with Crippen LogP contribution >= 0.6 is 39.5 Å². The van der Waals surface area contributed by atoms with Crippen molar-refractivity contribution >= 4 is 56.9 Å². The molecule has 1 aliphatic heterocycles. The number of hydrogen-bond acceptors (Lipinski definition) is 3. The second-order valence-electron chi connectivity index (χ2n) is 7.45. The van der Waals surface area contributed by atoms with Crippen molar-refractivity contribution in [1.29, 1.82) is 0 Å². The van der Waals surface area contributed by atoms with Gasteiger partial charge in [-0.25, -0.2) is 14.1 Å². The molecule has 0 N–H and O–H groups in total. The predicted molar refractivity (Wildman–Crippen MR) is 134 cm³/mol. The Morgan fingerprint density at radius 1 is 1.06 bits per heavy atom. The van der Waals surface area contributed by atoms with E-state index in [4.69, 9.17) is 16.7 Å². The summed E-state index contributed by atoms with van der Waals surface area (Å²) in [6.45, 7) is 2.58. The molecule has 2 amide bonds. The number of anilines is 1. The summed E-state index contributed by atoms with van der Waals surface area (Å²) >= 11 is 10.9. The molecule has 0 radical (unpaired) electrons. The van der Waals surface area contributed by atoms with Crippen LogP contribution in [0.1, 0.15) is 18.1 Å². The second kappa shape index (κ2) is 9.07. The molecule has 7 heteroatoms. The molecule has 4 nitrogen and oxygen atoms in total. The van der Waals surface area contributed by atoms with Crippen LogP contribution in [0.2, 0.25) is 5.02 Å². The van der Waals surface area contributed by atoms with Crippen molar-refractivity contribution < 1.29 is 4.79 Å². The van der Waals surface area contributed by atoms with Crippen LogP contribution in [0.25, 0.3) is 0 Å². The van der Waals surface area contributed by atoms with Gasteiger partial charge in [0.05, 0.1) is 23.4 Å². The normalized spacial score (nSPS) is 18.1. The Hall–Kier alpha value is -2.28. The lowest BCUT2D eigenvalue weighted by atomic mass is 9.76. The average Bonchev–Trinajstić information content (AvgIpc) is 3.15. The molecule has 4 rings (SSSR count). The van der Waals surface area contributed by atoms with E-state index in [-0.39, 0.29) is 6.03 Å².